The first kappa shape index (κ1) is 16.1. The summed E-state index contributed by atoms with van der Waals surface area (Å²) in [6.07, 6.45) is 2.66. The van der Waals surface area contributed by atoms with Crippen LogP contribution in [0.3, 0.4) is 0 Å². The van der Waals surface area contributed by atoms with Gasteiger partial charge < -0.3 is 20.2 Å². The summed E-state index contributed by atoms with van der Waals surface area (Å²) in [6.45, 7) is 4.53. The zero-order valence-corrected chi connectivity index (χ0v) is 10.8. The number of carbonyl (C=O) groups excluding carboxylic acids is 2. The van der Waals surface area contributed by atoms with E-state index < -0.39 is 0 Å². The van der Waals surface area contributed by atoms with Crippen molar-refractivity contribution in [2.24, 2.45) is 5.92 Å². The molecular weight excluding hydrogens is 220 g/mol. The Morgan fingerprint density at radius 2 is 2.06 bits per heavy atom. The number of hydrogen-bond donors (Lipinski definition) is 2. The van der Waals surface area contributed by atoms with Gasteiger partial charge in [0.25, 0.3) is 0 Å². The van der Waals surface area contributed by atoms with Crippen LogP contribution in [0.2, 0.25) is 0 Å². The normalized spacial score (nSPS) is 12.1. The first-order valence-electron chi connectivity index (χ1n) is 6.13. The van der Waals surface area contributed by atoms with Crippen molar-refractivity contribution in [3.8, 4) is 0 Å². The zero-order valence-electron chi connectivity index (χ0n) is 10.8. The van der Waals surface area contributed by atoms with Crippen molar-refractivity contribution in [2.75, 3.05) is 33.4 Å². The van der Waals surface area contributed by atoms with Gasteiger partial charge in [-0.3, -0.25) is 4.79 Å². The van der Waals surface area contributed by atoms with Gasteiger partial charge in [0.1, 0.15) is 6.29 Å². The fourth-order valence-corrected chi connectivity index (χ4v) is 1.29. The molecule has 0 radical (unpaired) electrons. The first-order chi connectivity index (χ1) is 8.20. The Balaban J connectivity index is 3.31. The van der Waals surface area contributed by atoms with Crippen LogP contribution in [-0.4, -0.2) is 45.5 Å². The van der Waals surface area contributed by atoms with Crippen LogP contribution in [0.5, 0.6) is 0 Å². The van der Waals surface area contributed by atoms with Gasteiger partial charge in [-0.2, -0.15) is 0 Å². The first-order valence-corrected chi connectivity index (χ1v) is 6.13. The molecule has 0 aromatic rings. The quantitative estimate of drug-likeness (QED) is 0.406. The van der Waals surface area contributed by atoms with E-state index in [0.717, 1.165) is 19.3 Å². The van der Waals surface area contributed by atoms with Crippen LogP contribution in [0.4, 0.5) is 0 Å². The lowest BCUT2D eigenvalue weighted by atomic mass is 10.0. The van der Waals surface area contributed by atoms with Crippen LogP contribution >= 0.6 is 0 Å². The molecule has 17 heavy (non-hydrogen) atoms. The summed E-state index contributed by atoms with van der Waals surface area (Å²) in [6, 6.07) is 0. The summed E-state index contributed by atoms with van der Waals surface area (Å²) in [7, 11) is 1.87. The molecule has 100 valence electrons. The number of aldehydes is 1. The molecule has 1 atom stereocenters. The molecule has 5 heteroatoms. The van der Waals surface area contributed by atoms with E-state index in [0.29, 0.717) is 32.6 Å². The number of amides is 1. The predicted molar refractivity (Wildman–Crippen MR) is 66.8 cm³/mol. The number of nitrogens with one attached hydrogen (secondary N) is 2. The number of likely N-dealkylation sites (N-methyl/N-ethyl adjacent to an activating group) is 1. The molecule has 0 bridgehead atoms. The molecule has 0 saturated carbocycles. The second kappa shape index (κ2) is 11.5. The van der Waals surface area contributed by atoms with Gasteiger partial charge in [-0.05, 0) is 19.4 Å². The van der Waals surface area contributed by atoms with Crippen molar-refractivity contribution in [3.63, 3.8) is 0 Å². The minimum Gasteiger partial charge on any atom is -0.378 e. The standard InChI is InChI=1S/C12H24N2O3/c1-11(5-8-15)3-4-12(16)14-7-10-17-9-6-13-2/h8,11,13H,3-7,9-10H2,1-2H3,(H,14,16). The Labute approximate surface area is 103 Å². The largest absolute Gasteiger partial charge is 0.378 e. The van der Waals surface area contributed by atoms with E-state index in [1.807, 2.05) is 14.0 Å². The van der Waals surface area contributed by atoms with Gasteiger partial charge in [0.05, 0.1) is 13.2 Å². The second-order valence-electron chi connectivity index (χ2n) is 4.11. The lowest BCUT2D eigenvalue weighted by Gasteiger charge is -2.08. The molecule has 0 heterocycles. The molecule has 0 aromatic carbocycles. The van der Waals surface area contributed by atoms with Crippen molar-refractivity contribution >= 4 is 12.2 Å². The molecule has 0 aliphatic rings. The Hall–Kier alpha value is -0.940. The second-order valence-corrected chi connectivity index (χ2v) is 4.11. The topological polar surface area (TPSA) is 67.4 Å². The molecule has 0 saturated heterocycles. The lowest BCUT2D eigenvalue weighted by molar-refractivity contribution is -0.121. The number of hydrogen-bond acceptors (Lipinski definition) is 4. The molecule has 1 unspecified atom stereocenters. The SMILES string of the molecule is CNCCOCCNC(=O)CCC(C)CC=O. The lowest BCUT2D eigenvalue weighted by Crippen LogP contribution is -2.28. The molecule has 0 fully saturated rings. The zero-order chi connectivity index (χ0) is 12.9. The molecule has 0 aliphatic carbocycles. The highest BCUT2D eigenvalue weighted by Crippen LogP contribution is 2.07. The van der Waals surface area contributed by atoms with Crippen LogP contribution < -0.4 is 10.6 Å². The highest BCUT2D eigenvalue weighted by Gasteiger charge is 2.05. The summed E-state index contributed by atoms with van der Waals surface area (Å²) >= 11 is 0. The van der Waals surface area contributed by atoms with E-state index in [4.69, 9.17) is 4.74 Å². The number of rotatable bonds is 11. The molecular formula is C12H24N2O3. The summed E-state index contributed by atoms with van der Waals surface area (Å²) < 4.78 is 5.27. The third kappa shape index (κ3) is 11.3. The van der Waals surface area contributed by atoms with Gasteiger partial charge in [0, 0.05) is 25.9 Å². The molecule has 0 rings (SSSR count). The van der Waals surface area contributed by atoms with Gasteiger partial charge in [-0.25, -0.2) is 0 Å². The van der Waals surface area contributed by atoms with Crippen molar-refractivity contribution in [1.82, 2.24) is 10.6 Å². The number of carbonyl (C=O) groups is 2. The number of ether oxygens (including phenoxy) is 1. The van der Waals surface area contributed by atoms with Crippen LogP contribution in [0.1, 0.15) is 26.2 Å². The Bertz CT molecular complexity index is 210. The average Bonchev–Trinajstić information content (AvgIpc) is 2.31. The smallest absolute Gasteiger partial charge is 0.220 e. The van der Waals surface area contributed by atoms with E-state index in [1.54, 1.807) is 0 Å². The van der Waals surface area contributed by atoms with Crippen molar-refractivity contribution in [3.05, 3.63) is 0 Å². The average molecular weight is 244 g/mol. The maximum Gasteiger partial charge on any atom is 0.220 e. The third-order valence-electron chi connectivity index (χ3n) is 2.43. The minimum atomic E-state index is 0.0277. The van der Waals surface area contributed by atoms with Crippen LogP contribution in [0, 0.1) is 5.92 Å². The van der Waals surface area contributed by atoms with Gasteiger partial charge in [-0.15, -0.1) is 0 Å². The molecule has 2 N–H and O–H groups in total. The van der Waals surface area contributed by atoms with Crippen LogP contribution in [-0.2, 0) is 14.3 Å². The van der Waals surface area contributed by atoms with Gasteiger partial charge in [-0.1, -0.05) is 6.92 Å². The van der Waals surface area contributed by atoms with E-state index in [1.165, 1.54) is 0 Å². The van der Waals surface area contributed by atoms with E-state index >= 15 is 0 Å². The third-order valence-corrected chi connectivity index (χ3v) is 2.43. The van der Waals surface area contributed by atoms with Gasteiger partial charge >= 0.3 is 0 Å². The minimum absolute atomic E-state index is 0.0277. The highest BCUT2D eigenvalue weighted by atomic mass is 16.5. The predicted octanol–water partition coefficient (Wildman–Crippen LogP) is 0.344. The van der Waals surface area contributed by atoms with E-state index in [9.17, 15) is 9.59 Å². The Morgan fingerprint density at radius 1 is 1.35 bits per heavy atom. The molecule has 5 nitrogen and oxygen atoms in total. The molecule has 0 aliphatic heterocycles. The Morgan fingerprint density at radius 3 is 2.71 bits per heavy atom. The van der Waals surface area contributed by atoms with Gasteiger partial charge in [0.15, 0.2) is 0 Å². The molecule has 1 amide bonds. The summed E-state index contributed by atoms with van der Waals surface area (Å²) in [5, 5.41) is 5.76. The molecule has 0 aromatic heterocycles. The van der Waals surface area contributed by atoms with E-state index in [2.05, 4.69) is 10.6 Å². The Kier molecular flexibility index (Phi) is 10.9. The van der Waals surface area contributed by atoms with Crippen LogP contribution in [0.25, 0.3) is 0 Å². The summed E-state index contributed by atoms with van der Waals surface area (Å²) in [5.41, 5.74) is 0. The fraction of sp³-hybridized carbons (Fsp3) is 0.833. The van der Waals surface area contributed by atoms with Gasteiger partial charge in [0.2, 0.25) is 5.91 Å². The maximum absolute atomic E-state index is 11.4. The van der Waals surface area contributed by atoms with Crippen molar-refractivity contribution in [1.29, 1.82) is 0 Å². The summed E-state index contributed by atoms with van der Waals surface area (Å²) in [5.74, 6) is 0.310. The van der Waals surface area contributed by atoms with E-state index in [-0.39, 0.29) is 11.8 Å². The van der Waals surface area contributed by atoms with Crippen molar-refractivity contribution < 1.29 is 14.3 Å². The summed E-state index contributed by atoms with van der Waals surface area (Å²) in [4.78, 5) is 21.6. The monoisotopic (exact) mass is 244 g/mol. The fourth-order valence-electron chi connectivity index (χ4n) is 1.29. The highest BCUT2D eigenvalue weighted by molar-refractivity contribution is 5.75. The van der Waals surface area contributed by atoms with Crippen LogP contribution in [0.15, 0.2) is 0 Å². The maximum atomic E-state index is 11.4. The van der Waals surface area contributed by atoms with Crippen molar-refractivity contribution in [2.45, 2.75) is 26.2 Å². The molecule has 0 spiro atoms.